The van der Waals surface area contributed by atoms with Crippen LogP contribution in [0.25, 0.3) is 0 Å². The van der Waals surface area contributed by atoms with Gasteiger partial charge in [0.1, 0.15) is 0 Å². The number of alkyl halides is 1. The van der Waals surface area contributed by atoms with Crippen LogP contribution in [0.4, 0.5) is 0 Å². The maximum absolute atomic E-state index is 5.00. The lowest BCUT2D eigenvalue weighted by Gasteiger charge is -1.80. The lowest BCUT2D eigenvalue weighted by atomic mass is 11.0. The van der Waals surface area contributed by atoms with E-state index in [-0.39, 0.29) is 0 Å². The number of halogens is 1. The predicted octanol–water partition coefficient (Wildman–Crippen LogP) is 2.95. The molecular weight excluding hydrogens is 138 g/mol. The molecule has 0 aliphatic heterocycles. The zero-order chi connectivity index (χ0) is 6.83. The molecule has 8 heavy (non-hydrogen) atoms. The highest BCUT2D eigenvalue weighted by atomic mass is 35.5. The largest absolute Gasteiger partial charge is 0.127 e. The van der Waals surface area contributed by atoms with E-state index in [2.05, 4.69) is 13.8 Å². The number of hydrogen-bond acceptors (Lipinski definition) is 0. The third-order valence-corrected chi connectivity index (χ3v) is 1.50. The van der Waals surface area contributed by atoms with E-state index in [9.17, 15) is 0 Å². The van der Waals surface area contributed by atoms with Gasteiger partial charge >= 0.3 is 0 Å². The van der Waals surface area contributed by atoms with Gasteiger partial charge in [0.25, 0.3) is 0 Å². The van der Waals surface area contributed by atoms with E-state index >= 15 is 0 Å². The molecule has 0 fully saturated rings. The fourth-order valence-corrected chi connectivity index (χ4v) is 0.750. The molecule has 0 saturated heterocycles. The van der Waals surface area contributed by atoms with Crippen molar-refractivity contribution in [1.29, 1.82) is 0 Å². The molecule has 0 bridgehead atoms. The van der Waals surface area contributed by atoms with Gasteiger partial charge in [-0.05, 0) is 12.3 Å². The summed E-state index contributed by atoms with van der Waals surface area (Å²) in [7, 11) is 1.20. The first-order valence-electron chi connectivity index (χ1n) is 3.10. The summed E-state index contributed by atoms with van der Waals surface area (Å²) in [4.78, 5) is 0. The van der Waals surface area contributed by atoms with Crippen molar-refractivity contribution in [2.24, 2.45) is 0 Å². The third kappa shape index (κ3) is 29.7. The van der Waals surface area contributed by atoms with E-state index in [0.29, 0.717) is 0 Å². The molecule has 0 N–H and O–H groups in total. The van der Waals surface area contributed by atoms with Crippen molar-refractivity contribution < 1.29 is 0 Å². The summed E-state index contributed by atoms with van der Waals surface area (Å²) in [6, 6.07) is 0. The van der Waals surface area contributed by atoms with E-state index in [4.69, 9.17) is 11.6 Å². The molecule has 0 heterocycles. The van der Waals surface area contributed by atoms with Gasteiger partial charge in [-0.3, -0.25) is 0 Å². The average Bonchev–Trinajstić information content (AvgIpc) is 1.71. The minimum absolute atomic E-state index is 0.722. The van der Waals surface area contributed by atoms with Crippen molar-refractivity contribution >= 4 is 20.2 Å². The number of hydrogen-bond donors (Lipinski definition) is 0. The molecule has 52 valence electrons. The SMILES string of the molecule is CCCl.CCPCC. The molecule has 0 aromatic heterocycles. The van der Waals surface area contributed by atoms with Gasteiger partial charge in [0.2, 0.25) is 0 Å². The van der Waals surface area contributed by atoms with Crippen LogP contribution in [0.1, 0.15) is 20.8 Å². The smallest absolute Gasteiger partial charge is 0.0195 e. The Hall–Kier alpha value is 0.720. The minimum atomic E-state index is 0.722. The van der Waals surface area contributed by atoms with E-state index < -0.39 is 0 Å². The second kappa shape index (κ2) is 15.6. The molecule has 0 amide bonds. The van der Waals surface area contributed by atoms with E-state index in [1.165, 1.54) is 20.9 Å². The van der Waals surface area contributed by atoms with Crippen molar-refractivity contribution in [2.45, 2.75) is 20.8 Å². The highest BCUT2D eigenvalue weighted by molar-refractivity contribution is 7.37. The Morgan fingerprint density at radius 2 is 1.38 bits per heavy atom. The molecular formula is C6H16ClP. The lowest BCUT2D eigenvalue weighted by molar-refractivity contribution is 1.44. The van der Waals surface area contributed by atoms with Gasteiger partial charge in [-0.1, -0.05) is 20.8 Å². The fourth-order valence-electron chi connectivity index (χ4n) is 0.250. The van der Waals surface area contributed by atoms with E-state index in [1.807, 2.05) is 6.92 Å². The quantitative estimate of drug-likeness (QED) is 0.424. The van der Waals surface area contributed by atoms with Crippen molar-refractivity contribution in [3.8, 4) is 0 Å². The van der Waals surface area contributed by atoms with Crippen molar-refractivity contribution in [1.82, 2.24) is 0 Å². The lowest BCUT2D eigenvalue weighted by Crippen LogP contribution is -1.59. The first-order valence-corrected chi connectivity index (χ1v) is 5.04. The van der Waals surface area contributed by atoms with Crippen LogP contribution in [-0.4, -0.2) is 18.2 Å². The van der Waals surface area contributed by atoms with Crippen molar-refractivity contribution in [3.63, 3.8) is 0 Å². The Morgan fingerprint density at radius 1 is 1.12 bits per heavy atom. The molecule has 0 aromatic carbocycles. The summed E-state index contributed by atoms with van der Waals surface area (Å²) in [5.74, 6) is 0.722. The Bertz CT molecular complexity index is 22.5. The molecule has 0 aromatic rings. The first-order chi connectivity index (χ1) is 3.83. The monoisotopic (exact) mass is 154 g/mol. The summed E-state index contributed by atoms with van der Waals surface area (Å²) in [6.07, 6.45) is 2.74. The maximum atomic E-state index is 5.00. The molecule has 0 aliphatic carbocycles. The van der Waals surface area contributed by atoms with Gasteiger partial charge in [-0.2, -0.15) is 0 Å². The van der Waals surface area contributed by atoms with Gasteiger partial charge < -0.3 is 0 Å². The molecule has 0 nitrogen and oxygen atoms in total. The molecule has 0 atom stereocenters. The van der Waals surface area contributed by atoms with Crippen LogP contribution in [0, 0.1) is 0 Å². The Kier molecular flexibility index (Phi) is 22.5. The van der Waals surface area contributed by atoms with Crippen molar-refractivity contribution in [2.75, 3.05) is 18.2 Å². The van der Waals surface area contributed by atoms with Crippen LogP contribution in [-0.2, 0) is 0 Å². The second-order valence-corrected chi connectivity index (χ2v) is 3.67. The van der Waals surface area contributed by atoms with Crippen LogP contribution in [0.2, 0.25) is 0 Å². The zero-order valence-electron chi connectivity index (χ0n) is 6.00. The summed E-state index contributed by atoms with van der Waals surface area (Å²) in [5, 5.41) is 0. The van der Waals surface area contributed by atoms with Crippen LogP contribution >= 0.6 is 20.2 Å². The summed E-state index contributed by atoms with van der Waals surface area (Å²) in [6.45, 7) is 6.34. The molecule has 0 saturated carbocycles. The van der Waals surface area contributed by atoms with Gasteiger partial charge in [-0.25, -0.2) is 0 Å². The Balaban J connectivity index is 0. The highest BCUT2D eigenvalue weighted by Crippen LogP contribution is 2.03. The van der Waals surface area contributed by atoms with E-state index in [0.717, 1.165) is 5.88 Å². The van der Waals surface area contributed by atoms with E-state index in [1.54, 1.807) is 0 Å². The van der Waals surface area contributed by atoms with Crippen LogP contribution < -0.4 is 0 Å². The standard InChI is InChI=1S/C4H11P.C2H5Cl/c1-3-5-4-2;1-2-3/h5H,3-4H2,1-2H3;2H2,1H3. The van der Waals surface area contributed by atoms with Crippen LogP contribution in [0.3, 0.4) is 0 Å². The van der Waals surface area contributed by atoms with Crippen LogP contribution in [0.15, 0.2) is 0 Å². The van der Waals surface area contributed by atoms with Gasteiger partial charge in [0, 0.05) is 5.88 Å². The fraction of sp³-hybridized carbons (Fsp3) is 1.00. The normalized spacial score (nSPS) is 7.50. The Morgan fingerprint density at radius 3 is 1.38 bits per heavy atom. The maximum Gasteiger partial charge on any atom is 0.0195 e. The summed E-state index contributed by atoms with van der Waals surface area (Å²) >= 11 is 5.00. The van der Waals surface area contributed by atoms with Gasteiger partial charge in [0.05, 0.1) is 0 Å². The Labute approximate surface area is 59.8 Å². The van der Waals surface area contributed by atoms with Crippen LogP contribution in [0.5, 0.6) is 0 Å². The second-order valence-electron chi connectivity index (χ2n) is 1.22. The highest BCUT2D eigenvalue weighted by Gasteiger charge is 1.66. The zero-order valence-corrected chi connectivity index (χ0v) is 7.76. The van der Waals surface area contributed by atoms with Crippen molar-refractivity contribution in [3.05, 3.63) is 0 Å². The average molecular weight is 155 g/mol. The van der Waals surface area contributed by atoms with Gasteiger partial charge in [-0.15, -0.1) is 20.2 Å². The molecule has 0 unspecified atom stereocenters. The molecule has 0 radical (unpaired) electrons. The summed E-state index contributed by atoms with van der Waals surface area (Å²) in [5.41, 5.74) is 0. The predicted molar refractivity (Wildman–Crippen MR) is 45.8 cm³/mol. The molecule has 0 rings (SSSR count). The molecule has 0 spiro atoms. The third-order valence-electron chi connectivity index (χ3n) is 0.500. The molecule has 0 aliphatic rings. The first kappa shape index (κ1) is 11.5. The topological polar surface area (TPSA) is 0 Å². The van der Waals surface area contributed by atoms with Gasteiger partial charge in [0.15, 0.2) is 0 Å². The molecule has 2 heteroatoms. The summed E-state index contributed by atoms with van der Waals surface area (Å²) < 4.78 is 0. The minimum Gasteiger partial charge on any atom is -0.127 e. The number of rotatable bonds is 2.